The number of esters is 1. The molecule has 0 aliphatic carbocycles. The molecule has 1 saturated heterocycles. The molecule has 1 fully saturated rings. The minimum atomic E-state index is -0.372. The Hall–Kier alpha value is -2.40. The molecule has 0 N–H and O–H groups in total. The number of carbonyl (C=O) groups excluding carboxylic acids is 2. The molecule has 1 aliphatic rings. The average Bonchev–Trinajstić information content (AvgIpc) is 2.66. The number of hydrogen-bond donors (Lipinski definition) is 0. The summed E-state index contributed by atoms with van der Waals surface area (Å²) in [4.78, 5) is 26.3. The van der Waals surface area contributed by atoms with Gasteiger partial charge in [-0.3, -0.25) is 9.59 Å². The molecule has 0 bridgehead atoms. The van der Waals surface area contributed by atoms with Crippen LogP contribution in [0.25, 0.3) is 0 Å². The summed E-state index contributed by atoms with van der Waals surface area (Å²) in [6.45, 7) is 1.15. The summed E-state index contributed by atoms with van der Waals surface area (Å²) in [6.07, 6.45) is 1.11. The van der Waals surface area contributed by atoms with Crippen LogP contribution in [0.1, 0.15) is 28.8 Å². The molecule has 0 atom stereocenters. The molecule has 2 aromatic carbocycles. The molecule has 2 aromatic rings. The largest absolute Gasteiger partial charge is 0.461 e. The van der Waals surface area contributed by atoms with Crippen LogP contribution in [0.2, 0.25) is 5.02 Å². The molecular weight excluding hydrogens is 357 g/mol. The highest BCUT2D eigenvalue weighted by molar-refractivity contribution is 6.30. The van der Waals surface area contributed by atoms with Crippen molar-refractivity contribution in [2.24, 2.45) is 5.92 Å². The second-order valence-electron chi connectivity index (χ2n) is 6.31. The summed E-state index contributed by atoms with van der Waals surface area (Å²) in [5.74, 6) is -0.983. The minimum absolute atomic E-state index is 0.143. The van der Waals surface area contributed by atoms with Crippen LogP contribution in [-0.2, 0) is 16.1 Å². The molecule has 6 heteroatoms. The SMILES string of the molecule is O=C(OCc1cccc(Cl)c1)C1CCN(C(=O)c2ccc(F)cc2)CC1. The molecule has 3 rings (SSSR count). The van der Waals surface area contributed by atoms with Crippen molar-refractivity contribution in [3.8, 4) is 0 Å². The molecule has 136 valence electrons. The Morgan fingerprint density at radius 1 is 1.12 bits per heavy atom. The number of carbonyl (C=O) groups is 2. The van der Waals surface area contributed by atoms with Gasteiger partial charge >= 0.3 is 5.97 Å². The van der Waals surface area contributed by atoms with Crippen molar-refractivity contribution in [1.82, 2.24) is 4.90 Å². The van der Waals surface area contributed by atoms with E-state index in [0.717, 1.165) is 5.56 Å². The first-order valence-electron chi connectivity index (χ1n) is 8.49. The van der Waals surface area contributed by atoms with Crippen molar-refractivity contribution in [2.45, 2.75) is 19.4 Å². The van der Waals surface area contributed by atoms with E-state index in [9.17, 15) is 14.0 Å². The number of nitrogens with zero attached hydrogens (tertiary/aromatic N) is 1. The van der Waals surface area contributed by atoms with Crippen molar-refractivity contribution in [1.29, 1.82) is 0 Å². The van der Waals surface area contributed by atoms with Crippen LogP contribution in [0.3, 0.4) is 0 Å². The summed E-state index contributed by atoms with van der Waals surface area (Å²) in [6, 6.07) is 12.7. The van der Waals surface area contributed by atoms with Crippen LogP contribution in [0.4, 0.5) is 4.39 Å². The molecule has 1 amide bonds. The van der Waals surface area contributed by atoms with E-state index in [1.54, 1.807) is 17.0 Å². The Morgan fingerprint density at radius 3 is 2.46 bits per heavy atom. The van der Waals surface area contributed by atoms with Gasteiger partial charge in [-0.15, -0.1) is 0 Å². The van der Waals surface area contributed by atoms with Crippen LogP contribution in [-0.4, -0.2) is 29.9 Å². The van der Waals surface area contributed by atoms with Gasteiger partial charge in [0, 0.05) is 23.7 Å². The maximum Gasteiger partial charge on any atom is 0.309 e. The zero-order valence-electron chi connectivity index (χ0n) is 14.2. The van der Waals surface area contributed by atoms with E-state index in [1.807, 2.05) is 12.1 Å². The Kier molecular flexibility index (Phi) is 5.89. The van der Waals surface area contributed by atoms with Crippen molar-refractivity contribution < 1.29 is 18.7 Å². The number of ether oxygens (including phenoxy) is 1. The van der Waals surface area contributed by atoms with Gasteiger partial charge in [0.2, 0.25) is 0 Å². The highest BCUT2D eigenvalue weighted by Gasteiger charge is 2.28. The van der Waals surface area contributed by atoms with Crippen molar-refractivity contribution in [2.75, 3.05) is 13.1 Å². The Balaban J connectivity index is 1.49. The van der Waals surface area contributed by atoms with Crippen LogP contribution >= 0.6 is 11.6 Å². The number of benzene rings is 2. The monoisotopic (exact) mass is 375 g/mol. The molecule has 1 aliphatic heterocycles. The maximum absolute atomic E-state index is 13.0. The molecule has 0 saturated carbocycles. The number of likely N-dealkylation sites (tertiary alicyclic amines) is 1. The lowest BCUT2D eigenvalue weighted by molar-refractivity contribution is -0.151. The summed E-state index contributed by atoms with van der Waals surface area (Å²) >= 11 is 5.91. The zero-order chi connectivity index (χ0) is 18.5. The summed E-state index contributed by atoms with van der Waals surface area (Å²) < 4.78 is 18.3. The van der Waals surface area contributed by atoms with E-state index >= 15 is 0 Å². The second-order valence-corrected chi connectivity index (χ2v) is 6.75. The van der Waals surface area contributed by atoms with E-state index in [1.165, 1.54) is 24.3 Å². The lowest BCUT2D eigenvalue weighted by Gasteiger charge is -2.31. The Labute approximate surface area is 156 Å². The lowest BCUT2D eigenvalue weighted by Crippen LogP contribution is -2.40. The quantitative estimate of drug-likeness (QED) is 0.756. The van der Waals surface area contributed by atoms with Gasteiger partial charge in [-0.25, -0.2) is 4.39 Å². The topological polar surface area (TPSA) is 46.6 Å². The average molecular weight is 376 g/mol. The Morgan fingerprint density at radius 2 is 1.81 bits per heavy atom. The third-order valence-corrected chi connectivity index (χ3v) is 4.71. The first kappa shape index (κ1) is 18.4. The van der Waals surface area contributed by atoms with E-state index in [-0.39, 0.29) is 30.2 Å². The van der Waals surface area contributed by atoms with E-state index in [0.29, 0.717) is 36.5 Å². The molecular formula is C20H19ClFNO3. The van der Waals surface area contributed by atoms with E-state index in [4.69, 9.17) is 16.3 Å². The molecule has 0 aromatic heterocycles. The summed E-state index contributed by atoms with van der Waals surface area (Å²) in [5, 5.41) is 0.603. The fourth-order valence-corrected chi connectivity index (χ4v) is 3.21. The number of hydrogen-bond acceptors (Lipinski definition) is 3. The highest BCUT2D eigenvalue weighted by atomic mass is 35.5. The maximum atomic E-state index is 13.0. The molecule has 0 spiro atoms. The summed E-state index contributed by atoms with van der Waals surface area (Å²) in [5.41, 5.74) is 1.29. The van der Waals surface area contributed by atoms with Gasteiger partial charge < -0.3 is 9.64 Å². The van der Waals surface area contributed by atoms with Gasteiger partial charge in [-0.05, 0) is 54.8 Å². The van der Waals surface area contributed by atoms with Gasteiger partial charge in [-0.2, -0.15) is 0 Å². The molecule has 0 radical (unpaired) electrons. The molecule has 0 unspecified atom stereocenters. The second kappa shape index (κ2) is 8.32. The standard InChI is InChI=1S/C20H19ClFNO3/c21-17-3-1-2-14(12-17)13-26-20(25)16-8-10-23(11-9-16)19(24)15-4-6-18(22)7-5-15/h1-7,12,16H,8-11,13H2. The fourth-order valence-electron chi connectivity index (χ4n) is 2.99. The third kappa shape index (κ3) is 4.61. The molecule has 1 heterocycles. The van der Waals surface area contributed by atoms with Crippen LogP contribution in [0, 0.1) is 11.7 Å². The van der Waals surface area contributed by atoms with Gasteiger partial charge in [0.15, 0.2) is 0 Å². The molecule has 4 nitrogen and oxygen atoms in total. The van der Waals surface area contributed by atoms with Gasteiger partial charge in [0.25, 0.3) is 5.91 Å². The van der Waals surface area contributed by atoms with E-state index < -0.39 is 0 Å². The van der Waals surface area contributed by atoms with Crippen molar-refractivity contribution in [3.05, 3.63) is 70.5 Å². The fraction of sp³-hybridized carbons (Fsp3) is 0.300. The smallest absolute Gasteiger partial charge is 0.309 e. The van der Waals surface area contributed by atoms with Gasteiger partial charge in [-0.1, -0.05) is 23.7 Å². The van der Waals surface area contributed by atoms with Crippen LogP contribution < -0.4 is 0 Å². The van der Waals surface area contributed by atoms with E-state index in [2.05, 4.69) is 0 Å². The van der Waals surface area contributed by atoms with Crippen LogP contribution in [0.15, 0.2) is 48.5 Å². The van der Waals surface area contributed by atoms with Gasteiger partial charge in [0.05, 0.1) is 5.92 Å². The number of amides is 1. The first-order chi connectivity index (χ1) is 12.5. The number of rotatable bonds is 4. The predicted molar refractivity (Wildman–Crippen MR) is 96.3 cm³/mol. The normalized spacial score (nSPS) is 14.9. The third-order valence-electron chi connectivity index (χ3n) is 4.48. The first-order valence-corrected chi connectivity index (χ1v) is 8.86. The number of halogens is 2. The molecule has 26 heavy (non-hydrogen) atoms. The van der Waals surface area contributed by atoms with Crippen LogP contribution in [0.5, 0.6) is 0 Å². The summed E-state index contributed by atoms with van der Waals surface area (Å²) in [7, 11) is 0. The lowest BCUT2D eigenvalue weighted by atomic mass is 9.96. The Bertz CT molecular complexity index is 786. The van der Waals surface area contributed by atoms with Crippen molar-refractivity contribution >= 4 is 23.5 Å². The zero-order valence-corrected chi connectivity index (χ0v) is 14.9. The number of piperidine rings is 1. The van der Waals surface area contributed by atoms with Crippen molar-refractivity contribution in [3.63, 3.8) is 0 Å². The highest BCUT2D eigenvalue weighted by Crippen LogP contribution is 2.21. The predicted octanol–water partition coefficient (Wildman–Crippen LogP) is 4.07. The minimum Gasteiger partial charge on any atom is -0.461 e. The van der Waals surface area contributed by atoms with Gasteiger partial charge in [0.1, 0.15) is 12.4 Å².